The molecule has 0 radical (unpaired) electrons. The lowest BCUT2D eigenvalue weighted by Crippen LogP contribution is -2.30. The molecule has 0 saturated carbocycles. The predicted molar refractivity (Wildman–Crippen MR) is 89.9 cm³/mol. The number of hydrogen-bond donors (Lipinski definition) is 0. The van der Waals surface area contributed by atoms with Crippen LogP contribution in [0.5, 0.6) is 5.75 Å². The molecule has 5 heteroatoms. The maximum Gasteiger partial charge on any atom is 0.253 e. The third-order valence-electron chi connectivity index (χ3n) is 3.25. The lowest BCUT2D eigenvalue weighted by Gasteiger charge is -2.17. The molecular formula is C18H20N2O3. The molecule has 0 atom stereocenters. The summed E-state index contributed by atoms with van der Waals surface area (Å²) in [4.78, 5) is 18.6. The Labute approximate surface area is 136 Å². The third kappa shape index (κ3) is 5.14. The first-order valence-corrected chi connectivity index (χ1v) is 7.30. The zero-order valence-electron chi connectivity index (χ0n) is 13.3. The lowest BCUT2D eigenvalue weighted by atomic mass is 10.1. The first-order valence-electron chi connectivity index (χ1n) is 7.30. The Hall–Kier alpha value is -2.82. The molecule has 0 spiro atoms. The van der Waals surface area contributed by atoms with Gasteiger partial charge >= 0.3 is 0 Å². The van der Waals surface area contributed by atoms with E-state index >= 15 is 0 Å². The molecule has 0 N–H and O–H groups in total. The van der Waals surface area contributed by atoms with Crippen LogP contribution >= 0.6 is 0 Å². The van der Waals surface area contributed by atoms with E-state index in [1.807, 2.05) is 42.5 Å². The number of carbonyl (C=O) groups excluding carboxylic acids is 1. The van der Waals surface area contributed by atoms with E-state index < -0.39 is 0 Å². The van der Waals surface area contributed by atoms with Gasteiger partial charge in [-0.2, -0.15) is 0 Å². The largest absolute Gasteiger partial charge is 0.492 e. The minimum atomic E-state index is -0.0445. The van der Waals surface area contributed by atoms with Gasteiger partial charge in [0.1, 0.15) is 19.5 Å². The minimum Gasteiger partial charge on any atom is -0.492 e. The molecule has 120 valence electrons. The van der Waals surface area contributed by atoms with Crippen molar-refractivity contribution in [3.63, 3.8) is 0 Å². The van der Waals surface area contributed by atoms with Gasteiger partial charge in [0.15, 0.2) is 0 Å². The molecule has 23 heavy (non-hydrogen) atoms. The summed E-state index contributed by atoms with van der Waals surface area (Å²) in [5.74, 6) is 0.757. The molecule has 1 amide bonds. The van der Waals surface area contributed by atoms with Crippen LogP contribution in [-0.4, -0.2) is 44.3 Å². The van der Waals surface area contributed by atoms with Crippen LogP contribution in [0.25, 0.3) is 0 Å². The zero-order chi connectivity index (χ0) is 16.5. The highest BCUT2D eigenvalue weighted by atomic mass is 16.6. The highest BCUT2D eigenvalue weighted by Gasteiger charge is 2.11. The Bertz CT molecular complexity index is 639. The van der Waals surface area contributed by atoms with Crippen molar-refractivity contribution in [2.45, 2.75) is 0 Å². The first kappa shape index (κ1) is 16.5. The topological polar surface area (TPSA) is 51.1 Å². The molecule has 0 fully saturated rings. The van der Waals surface area contributed by atoms with Gasteiger partial charge in [-0.05, 0) is 29.8 Å². The number of benzene rings is 2. The quantitative estimate of drug-likeness (QED) is 0.583. The van der Waals surface area contributed by atoms with Crippen molar-refractivity contribution in [3.8, 4) is 5.75 Å². The molecule has 0 aliphatic heterocycles. The number of carbonyl (C=O) groups is 1. The van der Waals surface area contributed by atoms with Gasteiger partial charge in [0, 0.05) is 12.6 Å². The number of para-hydroxylation sites is 1. The summed E-state index contributed by atoms with van der Waals surface area (Å²) in [7, 11) is 3.25. The number of amides is 1. The third-order valence-corrected chi connectivity index (χ3v) is 3.25. The Morgan fingerprint density at radius 2 is 1.83 bits per heavy atom. The van der Waals surface area contributed by atoms with Crippen LogP contribution in [0, 0.1) is 0 Å². The summed E-state index contributed by atoms with van der Waals surface area (Å²) < 4.78 is 5.60. The van der Waals surface area contributed by atoms with Crippen molar-refractivity contribution in [2.75, 3.05) is 27.3 Å². The van der Waals surface area contributed by atoms with Crippen LogP contribution in [0.4, 0.5) is 0 Å². The number of ether oxygens (including phenoxy) is 1. The van der Waals surface area contributed by atoms with Crippen molar-refractivity contribution >= 4 is 12.1 Å². The summed E-state index contributed by atoms with van der Waals surface area (Å²) in [5.41, 5.74) is 1.50. The van der Waals surface area contributed by atoms with Gasteiger partial charge in [-0.1, -0.05) is 35.5 Å². The number of likely N-dealkylation sites (N-methyl/N-ethyl adjacent to an activating group) is 1. The van der Waals surface area contributed by atoms with E-state index in [1.165, 1.54) is 7.11 Å². The number of rotatable bonds is 7. The molecule has 0 aliphatic rings. The fourth-order valence-electron chi connectivity index (χ4n) is 1.96. The van der Waals surface area contributed by atoms with E-state index in [1.54, 1.807) is 30.3 Å². The van der Waals surface area contributed by atoms with Crippen molar-refractivity contribution in [2.24, 2.45) is 5.16 Å². The van der Waals surface area contributed by atoms with Crippen molar-refractivity contribution in [1.29, 1.82) is 0 Å². The van der Waals surface area contributed by atoms with Gasteiger partial charge in [0.2, 0.25) is 0 Å². The fraction of sp³-hybridized carbons (Fsp3) is 0.222. The van der Waals surface area contributed by atoms with Crippen LogP contribution < -0.4 is 4.74 Å². The summed E-state index contributed by atoms with van der Waals surface area (Å²) in [5, 5.41) is 3.68. The lowest BCUT2D eigenvalue weighted by molar-refractivity contribution is 0.0774. The number of oxime groups is 1. The van der Waals surface area contributed by atoms with Crippen LogP contribution in [0.3, 0.4) is 0 Å². The van der Waals surface area contributed by atoms with Gasteiger partial charge < -0.3 is 14.5 Å². The Kier molecular flexibility index (Phi) is 6.17. The second kappa shape index (κ2) is 8.58. The summed E-state index contributed by atoms with van der Waals surface area (Å²) in [6.07, 6.45) is 1.59. The van der Waals surface area contributed by atoms with E-state index in [2.05, 4.69) is 9.99 Å². The molecule has 0 aromatic heterocycles. The Morgan fingerprint density at radius 3 is 2.48 bits per heavy atom. The average Bonchev–Trinajstić information content (AvgIpc) is 2.60. The summed E-state index contributed by atoms with van der Waals surface area (Å²) >= 11 is 0. The zero-order valence-corrected chi connectivity index (χ0v) is 13.3. The molecule has 2 aromatic carbocycles. The van der Waals surface area contributed by atoms with Gasteiger partial charge in [-0.3, -0.25) is 4.79 Å². The van der Waals surface area contributed by atoms with Gasteiger partial charge in [0.25, 0.3) is 5.91 Å². The second-order valence-corrected chi connectivity index (χ2v) is 4.93. The highest BCUT2D eigenvalue weighted by molar-refractivity contribution is 5.94. The number of hydrogen-bond acceptors (Lipinski definition) is 4. The molecule has 0 saturated heterocycles. The maximum atomic E-state index is 12.3. The monoisotopic (exact) mass is 312 g/mol. The minimum absolute atomic E-state index is 0.0445. The van der Waals surface area contributed by atoms with Crippen LogP contribution in [0.1, 0.15) is 15.9 Å². The highest BCUT2D eigenvalue weighted by Crippen LogP contribution is 2.09. The Balaban J connectivity index is 1.85. The molecule has 2 rings (SSSR count). The second-order valence-electron chi connectivity index (χ2n) is 4.93. The molecule has 0 aliphatic carbocycles. The van der Waals surface area contributed by atoms with E-state index in [4.69, 9.17) is 4.74 Å². The molecular weight excluding hydrogens is 292 g/mol. The van der Waals surface area contributed by atoms with Crippen molar-refractivity contribution < 1.29 is 14.4 Å². The standard InChI is InChI=1S/C18H20N2O3/c1-20(12-13-23-17-6-4-3-5-7-17)18(21)16-10-8-15(9-11-16)14-19-22-2/h3-11,14H,12-13H2,1-2H3/b19-14+. The summed E-state index contributed by atoms with van der Waals surface area (Å²) in [6.45, 7) is 0.964. The Morgan fingerprint density at radius 1 is 1.13 bits per heavy atom. The van der Waals surface area contributed by atoms with Crippen LogP contribution in [0.15, 0.2) is 59.8 Å². The van der Waals surface area contributed by atoms with E-state index in [0.717, 1.165) is 11.3 Å². The van der Waals surface area contributed by atoms with Crippen LogP contribution in [-0.2, 0) is 4.84 Å². The smallest absolute Gasteiger partial charge is 0.253 e. The SMILES string of the molecule is CO/N=C/c1ccc(C(=O)N(C)CCOc2ccccc2)cc1. The van der Waals surface area contributed by atoms with E-state index in [9.17, 15) is 4.79 Å². The molecule has 0 unspecified atom stereocenters. The average molecular weight is 312 g/mol. The van der Waals surface area contributed by atoms with Crippen molar-refractivity contribution in [1.82, 2.24) is 4.90 Å². The molecule has 0 heterocycles. The van der Waals surface area contributed by atoms with E-state index in [-0.39, 0.29) is 5.91 Å². The summed E-state index contributed by atoms with van der Waals surface area (Å²) in [6, 6.07) is 16.7. The van der Waals surface area contributed by atoms with Crippen LogP contribution in [0.2, 0.25) is 0 Å². The normalized spacial score (nSPS) is 10.5. The van der Waals surface area contributed by atoms with Gasteiger partial charge in [-0.25, -0.2) is 0 Å². The molecule has 5 nitrogen and oxygen atoms in total. The predicted octanol–water partition coefficient (Wildman–Crippen LogP) is 2.82. The first-order chi connectivity index (χ1) is 11.2. The number of nitrogens with zero attached hydrogens (tertiary/aromatic N) is 2. The molecule has 0 bridgehead atoms. The maximum absolute atomic E-state index is 12.3. The van der Waals surface area contributed by atoms with Gasteiger partial charge in [0.05, 0.1) is 12.8 Å². The van der Waals surface area contributed by atoms with Gasteiger partial charge in [-0.15, -0.1) is 0 Å². The fourth-order valence-corrected chi connectivity index (χ4v) is 1.96. The molecule has 2 aromatic rings. The van der Waals surface area contributed by atoms with Crippen molar-refractivity contribution in [3.05, 3.63) is 65.7 Å². The van der Waals surface area contributed by atoms with E-state index in [0.29, 0.717) is 18.7 Å².